The first-order chi connectivity index (χ1) is 10.5. The summed E-state index contributed by atoms with van der Waals surface area (Å²) in [4.78, 5) is 14.3. The van der Waals surface area contributed by atoms with E-state index in [4.69, 9.17) is 11.5 Å². The highest BCUT2D eigenvalue weighted by Crippen LogP contribution is 2.29. The maximum Gasteiger partial charge on any atom is 0.317 e. The number of hydrogen-bond acceptors (Lipinski definition) is 3. The molecule has 0 radical (unpaired) electrons. The molecule has 1 aliphatic carbocycles. The average Bonchev–Trinajstić information content (AvgIpc) is 2.84. The van der Waals surface area contributed by atoms with Crippen molar-refractivity contribution in [2.45, 2.75) is 50.2 Å². The minimum atomic E-state index is -0.116. The molecule has 5 N–H and O–H groups in total. The highest BCUT2D eigenvalue weighted by molar-refractivity contribution is 5.75. The van der Waals surface area contributed by atoms with Gasteiger partial charge in [-0.25, -0.2) is 4.79 Å². The minimum Gasteiger partial charge on any atom is -0.333 e. The van der Waals surface area contributed by atoms with E-state index in [1.807, 2.05) is 17.0 Å². The Morgan fingerprint density at radius 3 is 2.68 bits per heavy atom. The molecule has 1 aromatic carbocycles. The summed E-state index contributed by atoms with van der Waals surface area (Å²) in [6.07, 6.45) is 3.51. The number of carbonyl (C=O) groups is 1. The molecule has 2 amide bonds. The fraction of sp³-hybridized carbons (Fsp3) is 0.588. The minimum absolute atomic E-state index is 0.00795. The number of nitrogens with zero attached hydrogens (tertiary/aromatic N) is 1. The first-order valence-electron chi connectivity index (χ1n) is 8.20. The van der Waals surface area contributed by atoms with Gasteiger partial charge in [-0.2, -0.15) is 0 Å². The molecule has 1 fully saturated rings. The van der Waals surface area contributed by atoms with Crippen molar-refractivity contribution in [1.29, 1.82) is 0 Å². The van der Waals surface area contributed by atoms with Gasteiger partial charge in [-0.3, -0.25) is 0 Å². The zero-order valence-electron chi connectivity index (χ0n) is 13.2. The number of amides is 2. The van der Waals surface area contributed by atoms with Crippen molar-refractivity contribution in [3.8, 4) is 0 Å². The summed E-state index contributed by atoms with van der Waals surface area (Å²) < 4.78 is 0. The van der Waals surface area contributed by atoms with Gasteiger partial charge in [0.05, 0.1) is 12.1 Å². The van der Waals surface area contributed by atoms with Crippen molar-refractivity contribution in [3.05, 3.63) is 35.4 Å². The van der Waals surface area contributed by atoms with E-state index in [0.29, 0.717) is 0 Å². The first-order valence-corrected chi connectivity index (χ1v) is 8.20. The smallest absolute Gasteiger partial charge is 0.317 e. The van der Waals surface area contributed by atoms with Crippen molar-refractivity contribution in [2.75, 3.05) is 13.1 Å². The molecule has 3 rings (SSSR count). The summed E-state index contributed by atoms with van der Waals surface area (Å²) in [5, 5.41) is 3.11. The molecule has 0 unspecified atom stereocenters. The van der Waals surface area contributed by atoms with Crippen LogP contribution in [0.4, 0.5) is 4.79 Å². The lowest BCUT2D eigenvalue weighted by Crippen LogP contribution is -2.55. The number of nitrogens with two attached hydrogens (primary N) is 2. The first kappa shape index (κ1) is 15.3. The van der Waals surface area contributed by atoms with Gasteiger partial charge in [0, 0.05) is 18.6 Å². The zero-order valence-corrected chi connectivity index (χ0v) is 13.2. The number of piperidine rings is 1. The number of urea groups is 1. The number of rotatable bonds is 2. The summed E-state index contributed by atoms with van der Waals surface area (Å²) in [7, 11) is 0. The molecule has 1 heterocycles. The lowest BCUT2D eigenvalue weighted by Gasteiger charge is -2.39. The Balaban J connectivity index is 1.58. The lowest BCUT2D eigenvalue weighted by atomic mass is 9.86. The van der Waals surface area contributed by atoms with Crippen LogP contribution in [0, 0.1) is 0 Å². The molecular weight excluding hydrogens is 276 g/mol. The number of fused-ring (bicyclic) bond motifs is 1. The maximum absolute atomic E-state index is 12.5. The molecule has 5 heteroatoms. The van der Waals surface area contributed by atoms with Crippen molar-refractivity contribution >= 4 is 6.03 Å². The quantitative estimate of drug-likeness (QED) is 0.774. The standard InChI is InChI=1S/C17H26N4O/c1-2-17(19)7-9-21(10-8-17)16(22)20-14-11-12-5-3-4-6-13(12)15(14)18/h3-6,14-15H,2,7-11,18-19H2,1H3,(H,20,22)/t14-,15-/m1/s1. The Bertz CT molecular complexity index is 551. The predicted molar refractivity (Wildman–Crippen MR) is 87.4 cm³/mol. The predicted octanol–water partition coefficient (Wildman–Crippen LogP) is 1.52. The van der Waals surface area contributed by atoms with Gasteiger partial charge in [0.25, 0.3) is 0 Å². The molecule has 0 saturated carbocycles. The van der Waals surface area contributed by atoms with Crippen LogP contribution in [0.1, 0.15) is 43.4 Å². The van der Waals surface area contributed by atoms with E-state index < -0.39 is 0 Å². The largest absolute Gasteiger partial charge is 0.333 e. The van der Waals surface area contributed by atoms with Crippen molar-refractivity contribution in [3.63, 3.8) is 0 Å². The fourth-order valence-corrected chi connectivity index (χ4v) is 3.53. The third-order valence-corrected chi connectivity index (χ3v) is 5.35. The van der Waals surface area contributed by atoms with Gasteiger partial charge in [0.2, 0.25) is 0 Å². The Labute approximate surface area is 132 Å². The molecule has 120 valence electrons. The monoisotopic (exact) mass is 302 g/mol. The fourth-order valence-electron chi connectivity index (χ4n) is 3.53. The highest BCUT2D eigenvalue weighted by Gasteiger charge is 2.34. The van der Waals surface area contributed by atoms with E-state index in [-0.39, 0.29) is 23.7 Å². The molecule has 1 saturated heterocycles. The Kier molecular flexibility index (Phi) is 4.10. The number of hydrogen-bond donors (Lipinski definition) is 3. The van der Waals surface area contributed by atoms with Gasteiger partial charge in [-0.15, -0.1) is 0 Å². The van der Waals surface area contributed by atoms with Gasteiger partial charge in [0.15, 0.2) is 0 Å². The number of nitrogens with one attached hydrogen (secondary N) is 1. The molecule has 2 aliphatic rings. The molecule has 0 aromatic heterocycles. The van der Waals surface area contributed by atoms with Gasteiger partial charge < -0.3 is 21.7 Å². The summed E-state index contributed by atoms with van der Waals surface area (Å²) in [6, 6.07) is 8.02. The van der Waals surface area contributed by atoms with E-state index in [1.165, 1.54) is 5.56 Å². The van der Waals surface area contributed by atoms with Crippen LogP contribution >= 0.6 is 0 Å². The van der Waals surface area contributed by atoms with E-state index in [1.54, 1.807) is 0 Å². The SMILES string of the molecule is CCC1(N)CCN(C(=O)N[C@@H]2Cc3ccccc3[C@H]2N)CC1. The van der Waals surface area contributed by atoms with Crippen molar-refractivity contribution in [2.24, 2.45) is 11.5 Å². The Morgan fingerprint density at radius 2 is 2.05 bits per heavy atom. The second kappa shape index (κ2) is 5.89. The van der Waals surface area contributed by atoms with Crippen LogP contribution in [0.25, 0.3) is 0 Å². The van der Waals surface area contributed by atoms with Crippen molar-refractivity contribution in [1.82, 2.24) is 10.2 Å². The molecule has 2 atom stereocenters. The second-order valence-electron chi connectivity index (χ2n) is 6.69. The Morgan fingerprint density at radius 1 is 1.36 bits per heavy atom. The zero-order chi connectivity index (χ0) is 15.7. The molecular formula is C17H26N4O. The molecule has 0 spiro atoms. The van der Waals surface area contributed by atoms with Crippen LogP contribution in [0.3, 0.4) is 0 Å². The molecule has 0 bridgehead atoms. The summed E-state index contributed by atoms with van der Waals surface area (Å²) in [6.45, 7) is 3.57. The third-order valence-electron chi connectivity index (χ3n) is 5.35. The molecule has 5 nitrogen and oxygen atoms in total. The van der Waals surface area contributed by atoms with E-state index >= 15 is 0 Å². The van der Waals surface area contributed by atoms with Crippen LogP contribution in [-0.2, 0) is 6.42 Å². The summed E-state index contributed by atoms with van der Waals surface area (Å²) >= 11 is 0. The molecule has 22 heavy (non-hydrogen) atoms. The highest BCUT2D eigenvalue weighted by atomic mass is 16.2. The van der Waals surface area contributed by atoms with E-state index in [9.17, 15) is 4.79 Å². The van der Waals surface area contributed by atoms with Gasteiger partial charge in [-0.05, 0) is 36.8 Å². The van der Waals surface area contributed by atoms with Crippen LogP contribution in [0.2, 0.25) is 0 Å². The number of likely N-dealkylation sites (tertiary alicyclic amines) is 1. The van der Waals surface area contributed by atoms with E-state index in [2.05, 4.69) is 24.4 Å². The molecule has 1 aliphatic heterocycles. The number of benzene rings is 1. The lowest BCUT2D eigenvalue weighted by molar-refractivity contribution is 0.154. The topological polar surface area (TPSA) is 84.4 Å². The summed E-state index contributed by atoms with van der Waals surface area (Å²) in [5.74, 6) is 0. The van der Waals surface area contributed by atoms with Crippen LogP contribution in [-0.4, -0.2) is 35.6 Å². The normalized spacial score (nSPS) is 26.6. The third kappa shape index (κ3) is 2.83. The van der Waals surface area contributed by atoms with Crippen LogP contribution < -0.4 is 16.8 Å². The van der Waals surface area contributed by atoms with Crippen LogP contribution in [0.15, 0.2) is 24.3 Å². The van der Waals surface area contributed by atoms with Gasteiger partial charge >= 0.3 is 6.03 Å². The summed E-state index contributed by atoms with van der Waals surface area (Å²) in [5.41, 5.74) is 14.9. The maximum atomic E-state index is 12.5. The molecule has 1 aromatic rings. The number of carbonyl (C=O) groups excluding carboxylic acids is 1. The average molecular weight is 302 g/mol. The van der Waals surface area contributed by atoms with Crippen molar-refractivity contribution < 1.29 is 4.79 Å². The van der Waals surface area contributed by atoms with Gasteiger partial charge in [-0.1, -0.05) is 31.2 Å². The van der Waals surface area contributed by atoms with Crippen LogP contribution in [0.5, 0.6) is 0 Å². The van der Waals surface area contributed by atoms with Gasteiger partial charge in [0.1, 0.15) is 0 Å². The Hall–Kier alpha value is -1.59. The van der Waals surface area contributed by atoms with E-state index in [0.717, 1.165) is 44.3 Å². The second-order valence-corrected chi connectivity index (χ2v) is 6.69.